The van der Waals surface area contributed by atoms with Crippen molar-refractivity contribution in [3.63, 3.8) is 0 Å². The average molecular weight is 505 g/mol. The first-order chi connectivity index (χ1) is 13.1. The van der Waals surface area contributed by atoms with E-state index in [9.17, 15) is 0 Å². The van der Waals surface area contributed by atoms with Crippen LogP contribution in [-0.4, -0.2) is 0 Å². The quantitative estimate of drug-likeness (QED) is 0.246. The Labute approximate surface area is 197 Å². The summed E-state index contributed by atoms with van der Waals surface area (Å²) in [5, 5.41) is 0. The van der Waals surface area contributed by atoms with Gasteiger partial charge < -0.3 is 0 Å². The Hall–Kier alpha value is -0.490. The van der Waals surface area contributed by atoms with Gasteiger partial charge in [0.05, 0.1) is 0 Å². The predicted molar refractivity (Wildman–Crippen MR) is 147 cm³/mol. The van der Waals surface area contributed by atoms with Gasteiger partial charge in [-0.1, -0.05) is 119 Å². The van der Waals surface area contributed by atoms with Gasteiger partial charge in [-0.25, -0.2) is 0 Å². The molecule has 1 heteroatoms. The minimum atomic E-state index is 0. The summed E-state index contributed by atoms with van der Waals surface area (Å²) in [4.78, 5) is 0. The topological polar surface area (TPSA) is 0 Å². The van der Waals surface area contributed by atoms with E-state index in [0.717, 1.165) is 6.42 Å². The molecule has 0 aromatic heterocycles. The second-order valence-corrected chi connectivity index (χ2v) is 5.54. The largest absolute Gasteiger partial charge is 0.107 e. The van der Waals surface area contributed by atoms with Gasteiger partial charge in [-0.15, -0.1) is 29.9 Å². The van der Waals surface area contributed by atoms with Crippen LogP contribution in [0.3, 0.4) is 0 Å². The van der Waals surface area contributed by atoms with E-state index in [1.165, 1.54) is 16.7 Å². The molecule has 28 heavy (non-hydrogen) atoms. The number of rotatable bonds is 1. The van der Waals surface area contributed by atoms with Crippen LogP contribution < -0.4 is 0 Å². The van der Waals surface area contributed by atoms with Gasteiger partial charge >= 0.3 is 0 Å². The highest BCUT2D eigenvalue weighted by Gasteiger charge is 2.35. The van der Waals surface area contributed by atoms with Crippen molar-refractivity contribution in [3.05, 3.63) is 35.5 Å². The smallest absolute Gasteiger partial charge is 0.0206 e. The fourth-order valence-corrected chi connectivity index (χ4v) is 3.31. The summed E-state index contributed by atoms with van der Waals surface area (Å²) in [5.41, 5.74) is 4.29. The fourth-order valence-electron chi connectivity index (χ4n) is 3.31. The highest BCUT2D eigenvalue weighted by atomic mass is 127. The molecule has 0 bridgehead atoms. The van der Waals surface area contributed by atoms with Crippen LogP contribution in [0.4, 0.5) is 0 Å². The molecule has 2 rings (SSSR count). The molecule has 0 saturated carbocycles. The molecular formula is C27H53I. The molecule has 0 amide bonds. The lowest BCUT2D eigenvalue weighted by molar-refractivity contribution is 0.276. The van der Waals surface area contributed by atoms with Crippen molar-refractivity contribution in [1.29, 1.82) is 0 Å². The van der Waals surface area contributed by atoms with Crippen molar-refractivity contribution >= 4 is 24.0 Å². The zero-order valence-corrected chi connectivity index (χ0v) is 24.1. The lowest BCUT2D eigenvalue weighted by Crippen LogP contribution is -2.28. The molecule has 4 atom stereocenters. The molecule has 0 heterocycles. The molecule has 0 aromatic carbocycles. The molecule has 4 unspecified atom stereocenters. The third-order valence-electron chi connectivity index (χ3n) is 4.58. The predicted octanol–water partition coefficient (Wildman–Crippen LogP) is 10.1. The molecule has 0 spiro atoms. The first-order valence-electron chi connectivity index (χ1n) is 11.6. The Kier molecular flexibility index (Phi) is 36.1. The van der Waals surface area contributed by atoms with E-state index in [2.05, 4.69) is 52.2 Å². The van der Waals surface area contributed by atoms with Crippen molar-refractivity contribution in [2.24, 2.45) is 23.7 Å². The maximum absolute atomic E-state index is 3.93. The Balaban J connectivity index is -0.000000140. The van der Waals surface area contributed by atoms with E-state index in [0.29, 0.717) is 23.7 Å². The zero-order chi connectivity index (χ0) is 22.6. The highest BCUT2D eigenvalue weighted by Crippen LogP contribution is 2.44. The van der Waals surface area contributed by atoms with Gasteiger partial charge in [-0.3, -0.25) is 0 Å². The Morgan fingerprint density at radius 3 is 1.71 bits per heavy atom. The molecule has 2 aliphatic rings. The molecular weight excluding hydrogens is 451 g/mol. The van der Waals surface area contributed by atoms with Gasteiger partial charge in [0.1, 0.15) is 0 Å². The van der Waals surface area contributed by atoms with Crippen LogP contribution in [0.2, 0.25) is 0 Å². The summed E-state index contributed by atoms with van der Waals surface area (Å²) in [6, 6.07) is 0. The van der Waals surface area contributed by atoms with Crippen LogP contribution in [0, 0.1) is 35.5 Å². The minimum Gasteiger partial charge on any atom is -0.107 e. The van der Waals surface area contributed by atoms with E-state index in [-0.39, 0.29) is 24.0 Å². The first kappa shape index (κ1) is 38.2. The van der Waals surface area contributed by atoms with Gasteiger partial charge in [0.15, 0.2) is 0 Å². The van der Waals surface area contributed by atoms with Crippen LogP contribution in [-0.2, 0) is 0 Å². The van der Waals surface area contributed by atoms with Gasteiger partial charge in [0.25, 0.3) is 0 Å². The van der Waals surface area contributed by atoms with Crippen molar-refractivity contribution in [2.45, 2.75) is 103 Å². The Morgan fingerprint density at radius 2 is 1.32 bits per heavy atom. The van der Waals surface area contributed by atoms with Crippen LogP contribution >= 0.6 is 24.0 Å². The fraction of sp³-hybridized carbons (Fsp3) is 0.704. The molecule has 2 aliphatic carbocycles. The average Bonchev–Trinajstić information content (AvgIpc) is 2.91. The summed E-state index contributed by atoms with van der Waals surface area (Å²) in [7, 11) is 0. The summed E-state index contributed by atoms with van der Waals surface area (Å²) in [6.45, 7) is 33.1. The summed E-state index contributed by atoms with van der Waals surface area (Å²) in [5.74, 6) is 9.17. The molecule has 0 radical (unpaired) electrons. The normalized spacial score (nSPS) is 23.1. The second-order valence-electron chi connectivity index (χ2n) is 5.54. The van der Waals surface area contributed by atoms with Crippen molar-refractivity contribution in [2.75, 3.05) is 0 Å². The number of hydrogen-bond acceptors (Lipinski definition) is 0. The summed E-state index contributed by atoms with van der Waals surface area (Å²) in [6.07, 6.45) is 5.31. The highest BCUT2D eigenvalue weighted by molar-refractivity contribution is 14.0. The second kappa shape index (κ2) is 26.5. The van der Waals surface area contributed by atoms with E-state index >= 15 is 0 Å². The van der Waals surface area contributed by atoms with Gasteiger partial charge in [0, 0.05) is 12.3 Å². The van der Waals surface area contributed by atoms with E-state index in [4.69, 9.17) is 0 Å². The molecule has 168 valence electrons. The molecule has 0 aliphatic heterocycles. The third kappa shape index (κ3) is 12.2. The Bertz CT molecular complexity index is 456. The summed E-state index contributed by atoms with van der Waals surface area (Å²) < 4.78 is 0. The van der Waals surface area contributed by atoms with Gasteiger partial charge in [-0.2, -0.15) is 0 Å². The number of halogens is 1. The standard InChI is InChI=1S/C17H22.5C2H6.HI/c1-6-15-10-12(3)17-13(4)11(2)8-7-9-16(17)14(15)5;5*1-2;/h6,10-11,13,16-17H,1,9H2,2-5H3;5*1-2H3;1H. The first-order valence-corrected chi connectivity index (χ1v) is 11.6. The minimum absolute atomic E-state index is 0. The molecule has 0 nitrogen and oxygen atoms in total. The maximum Gasteiger partial charge on any atom is 0.0206 e. The lowest BCUT2D eigenvalue weighted by atomic mass is 9.67. The van der Waals surface area contributed by atoms with Crippen molar-refractivity contribution in [3.8, 4) is 11.8 Å². The van der Waals surface area contributed by atoms with Crippen LogP contribution in [0.5, 0.6) is 0 Å². The zero-order valence-electron chi connectivity index (χ0n) is 21.8. The monoisotopic (exact) mass is 504 g/mol. The van der Waals surface area contributed by atoms with Gasteiger partial charge in [0.2, 0.25) is 0 Å². The SMILES string of the molecule is C=CC1=C(C)C2CC#CC(C)C(C)C2C(C)=C1.CC.CC.CC.CC.CC.I. The number of fused-ring (bicyclic) bond motifs is 1. The maximum atomic E-state index is 3.93. The van der Waals surface area contributed by atoms with Crippen LogP contribution in [0.15, 0.2) is 35.5 Å². The van der Waals surface area contributed by atoms with Crippen molar-refractivity contribution < 1.29 is 0 Å². The molecule has 0 aromatic rings. The van der Waals surface area contributed by atoms with Crippen molar-refractivity contribution in [1.82, 2.24) is 0 Å². The number of hydrogen-bond donors (Lipinski definition) is 0. The lowest BCUT2D eigenvalue weighted by Gasteiger charge is -2.36. The van der Waals surface area contributed by atoms with E-state index in [1.54, 1.807) is 0 Å². The van der Waals surface area contributed by atoms with Crippen LogP contribution in [0.1, 0.15) is 103 Å². The summed E-state index contributed by atoms with van der Waals surface area (Å²) >= 11 is 0. The number of allylic oxidation sites excluding steroid dienone is 5. The molecule has 0 N–H and O–H groups in total. The van der Waals surface area contributed by atoms with E-state index in [1.807, 2.05) is 75.3 Å². The van der Waals surface area contributed by atoms with Crippen LogP contribution in [0.25, 0.3) is 0 Å². The molecule has 0 fully saturated rings. The Morgan fingerprint density at radius 1 is 0.893 bits per heavy atom. The molecule has 0 saturated heterocycles. The van der Waals surface area contributed by atoms with Gasteiger partial charge in [-0.05, 0) is 37.2 Å². The van der Waals surface area contributed by atoms with E-state index < -0.39 is 0 Å². The third-order valence-corrected chi connectivity index (χ3v) is 4.58.